The Morgan fingerprint density at radius 2 is 2.40 bits per heavy atom. The average molecular weight is 213 g/mol. The maximum absolute atomic E-state index is 11.3. The van der Waals surface area contributed by atoms with Crippen LogP contribution in [0.15, 0.2) is 11.1 Å². The summed E-state index contributed by atoms with van der Waals surface area (Å²) in [5, 5.41) is 2.96. The van der Waals surface area contributed by atoms with Crippen LogP contribution in [0.3, 0.4) is 0 Å². The van der Waals surface area contributed by atoms with Crippen molar-refractivity contribution < 1.29 is 9.47 Å². The Labute approximate surface area is 87.6 Å². The number of likely N-dealkylation sites (N-methyl/N-ethyl adjacent to an activating group) is 1. The fourth-order valence-electron chi connectivity index (χ4n) is 1.15. The number of aromatic amines is 1. The molecule has 6 heteroatoms. The second kappa shape index (κ2) is 5.35. The quantitative estimate of drug-likeness (QED) is 0.706. The largest absolute Gasteiger partial charge is 0.487 e. The molecule has 0 amide bonds. The Morgan fingerprint density at radius 3 is 3.00 bits per heavy atom. The summed E-state index contributed by atoms with van der Waals surface area (Å²) in [5.41, 5.74) is -0.348. The zero-order valence-electron chi connectivity index (χ0n) is 9.03. The molecule has 2 N–H and O–H groups in total. The van der Waals surface area contributed by atoms with Crippen LogP contribution in [0.4, 0.5) is 0 Å². The van der Waals surface area contributed by atoms with Crippen molar-refractivity contribution in [3.05, 3.63) is 16.7 Å². The Hall–Kier alpha value is -1.56. The third-order valence-electron chi connectivity index (χ3n) is 1.79. The van der Waals surface area contributed by atoms with E-state index in [0.717, 1.165) is 0 Å². The van der Waals surface area contributed by atoms with Crippen LogP contribution in [-0.2, 0) is 0 Å². The number of nitrogens with one attached hydrogen (secondary N) is 2. The highest BCUT2D eigenvalue weighted by molar-refractivity contribution is 5.29. The molecule has 0 bridgehead atoms. The first-order valence-electron chi connectivity index (χ1n) is 4.62. The summed E-state index contributed by atoms with van der Waals surface area (Å²) in [4.78, 5) is 17.6. The zero-order valence-corrected chi connectivity index (χ0v) is 9.03. The van der Waals surface area contributed by atoms with E-state index in [9.17, 15) is 4.79 Å². The lowest BCUT2D eigenvalue weighted by Crippen LogP contribution is -2.27. The number of nitrogens with zero attached hydrogens (tertiary/aromatic N) is 1. The molecular weight excluding hydrogens is 198 g/mol. The van der Waals surface area contributed by atoms with Gasteiger partial charge in [-0.3, -0.25) is 4.79 Å². The van der Waals surface area contributed by atoms with Gasteiger partial charge in [0, 0.05) is 6.54 Å². The molecule has 1 rings (SSSR count). The number of rotatable bonds is 5. The topological polar surface area (TPSA) is 76.2 Å². The predicted molar refractivity (Wildman–Crippen MR) is 55.4 cm³/mol. The van der Waals surface area contributed by atoms with Gasteiger partial charge < -0.3 is 19.8 Å². The maximum atomic E-state index is 11.3. The summed E-state index contributed by atoms with van der Waals surface area (Å²) in [6.45, 7) is 2.54. The number of aromatic nitrogens is 2. The van der Waals surface area contributed by atoms with Crippen LogP contribution < -0.4 is 20.3 Å². The number of methoxy groups -OCH3 is 1. The minimum Gasteiger partial charge on any atom is -0.487 e. The molecule has 6 nitrogen and oxygen atoms in total. The molecule has 0 aromatic carbocycles. The summed E-state index contributed by atoms with van der Waals surface area (Å²) >= 11 is 0. The van der Waals surface area contributed by atoms with Crippen LogP contribution in [0.2, 0.25) is 0 Å². The van der Waals surface area contributed by atoms with Gasteiger partial charge in [-0.25, -0.2) is 4.98 Å². The first-order valence-corrected chi connectivity index (χ1v) is 4.62. The molecule has 1 aromatic rings. The molecule has 1 atom stereocenters. The molecule has 84 valence electrons. The summed E-state index contributed by atoms with van der Waals surface area (Å²) in [6.07, 6.45) is 1.20. The predicted octanol–water partition coefficient (Wildman–Crippen LogP) is -0.235. The summed E-state index contributed by atoms with van der Waals surface area (Å²) in [5.74, 6) is 0.310. The first-order chi connectivity index (χ1) is 7.19. The molecule has 1 aromatic heterocycles. The van der Waals surface area contributed by atoms with Gasteiger partial charge in [-0.1, -0.05) is 0 Å². The lowest BCUT2D eigenvalue weighted by atomic mass is 10.4. The van der Waals surface area contributed by atoms with Crippen molar-refractivity contribution in [2.24, 2.45) is 0 Å². The molecule has 0 aliphatic rings. The third-order valence-corrected chi connectivity index (χ3v) is 1.79. The monoisotopic (exact) mass is 213 g/mol. The summed E-state index contributed by atoms with van der Waals surface area (Å²) in [6, 6.07) is 0. The minimum atomic E-state index is -0.348. The Kier molecular flexibility index (Phi) is 4.11. The molecule has 0 aliphatic carbocycles. The van der Waals surface area contributed by atoms with Crippen LogP contribution in [-0.4, -0.2) is 36.8 Å². The smallest absolute Gasteiger partial charge is 0.297 e. The molecule has 1 unspecified atom stereocenters. The Bertz CT molecular complexity index is 364. The van der Waals surface area contributed by atoms with Gasteiger partial charge in [-0.05, 0) is 14.0 Å². The second-order valence-corrected chi connectivity index (χ2v) is 3.06. The fourth-order valence-corrected chi connectivity index (χ4v) is 1.15. The van der Waals surface area contributed by atoms with Gasteiger partial charge in [-0.15, -0.1) is 0 Å². The highest BCUT2D eigenvalue weighted by Gasteiger charge is 2.12. The number of hydrogen-bond donors (Lipinski definition) is 2. The van der Waals surface area contributed by atoms with E-state index in [1.807, 2.05) is 14.0 Å². The van der Waals surface area contributed by atoms with Crippen molar-refractivity contribution in [1.82, 2.24) is 15.3 Å². The number of hydrogen-bond acceptors (Lipinski definition) is 5. The normalized spacial score (nSPS) is 12.2. The van der Waals surface area contributed by atoms with Crippen LogP contribution in [0.1, 0.15) is 6.92 Å². The van der Waals surface area contributed by atoms with E-state index in [2.05, 4.69) is 15.3 Å². The zero-order chi connectivity index (χ0) is 11.3. The molecule has 1 heterocycles. The molecule has 0 aliphatic heterocycles. The van der Waals surface area contributed by atoms with Crippen LogP contribution in [0.25, 0.3) is 0 Å². The number of H-pyrrole nitrogens is 1. The van der Waals surface area contributed by atoms with Gasteiger partial charge in [0.15, 0.2) is 0 Å². The lowest BCUT2D eigenvalue weighted by molar-refractivity contribution is 0.200. The maximum Gasteiger partial charge on any atom is 0.297 e. The summed E-state index contributed by atoms with van der Waals surface area (Å²) in [7, 11) is 3.23. The van der Waals surface area contributed by atoms with Gasteiger partial charge in [0.25, 0.3) is 11.4 Å². The molecular formula is C9H15N3O3. The van der Waals surface area contributed by atoms with Crippen LogP contribution in [0.5, 0.6) is 11.6 Å². The van der Waals surface area contributed by atoms with E-state index in [1.54, 1.807) is 0 Å². The highest BCUT2D eigenvalue weighted by atomic mass is 16.5. The second-order valence-electron chi connectivity index (χ2n) is 3.06. The lowest BCUT2D eigenvalue weighted by Gasteiger charge is -2.14. The summed E-state index contributed by atoms with van der Waals surface area (Å²) < 4.78 is 10.3. The van der Waals surface area contributed by atoms with Crippen molar-refractivity contribution in [3.8, 4) is 11.6 Å². The minimum absolute atomic E-state index is 0.0850. The Morgan fingerprint density at radius 1 is 1.67 bits per heavy atom. The van der Waals surface area contributed by atoms with E-state index < -0.39 is 0 Å². The van der Waals surface area contributed by atoms with E-state index in [0.29, 0.717) is 6.54 Å². The SMILES string of the molecule is CNCC(C)Oc1nc[nH]c(=O)c1OC. The van der Waals surface area contributed by atoms with Gasteiger partial charge in [0.1, 0.15) is 6.10 Å². The van der Waals surface area contributed by atoms with E-state index in [4.69, 9.17) is 9.47 Å². The van der Waals surface area contributed by atoms with Crippen molar-refractivity contribution >= 4 is 0 Å². The van der Waals surface area contributed by atoms with E-state index >= 15 is 0 Å². The molecule has 0 saturated heterocycles. The highest BCUT2D eigenvalue weighted by Crippen LogP contribution is 2.18. The first kappa shape index (κ1) is 11.5. The third kappa shape index (κ3) is 2.95. The fraction of sp³-hybridized carbons (Fsp3) is 0.556. The van der Waals surface area contributed by atoms with Gasteiger partial charge in [-0.2, -0.15) is 0 Å². The van der Waals surface area contributed by atoms with Crippen LogP contribution in [0, 0.1) is 0 Å². The average Bonchev–Trinajstić information content (AvgIpc) is 2.18. The molecule has 0 radical (unpaired) electrons. The van der Waals surface area contributed by atoms with Gasteiger partial charge >= 0.3 is 0 Å². The number of ether oxygens (including phenoxy) is 2. The van der Waals surface area contributed by atoms with Crippen LogP contribution >= 0.6 is 0 Å². The Balaban J connectivity index is 2.84. The van der Waals surface area contributed by atoms with Crippen molar-refractivity contribution in [2.75, 3.05) is 20.7 Å². The van der Waals surface area contributed by atoms with Gasteiger partial charge in [0.05, 0.1) is 13.4 Å². The molecule has 0 fully saturated rings. The van der Waals surface area contributed by atoms with E-state index in [-0.39, 0.29) is 23.3 Å². The molecule has 15 heavy (non-hydrogen) atoms. The van der Waals surface area contributed by atoms with Gasteiger partial charge in [0.2, 0.25) is 5.75 Å². The molecule has 0 spiro atoms. The van der Waals surface area contributed by atoms with Crippen molar-refractivity contribution in [3.63, 3.8) is 0 Å². The van der Waals surface area contributed by atoms with Crippen molar-refractivity contribution in [1.29, 1.82) is 0 Å². The standard InChI is InChI=1S/C9H15N3O3/c1-6(4-10-2)15-9-7(14-3)8(13)11-5-12-9/h5-6,10H,4H2,1-3H3,(H,11,12,13). The van der Waals surface area contributed by atoms with Crippen molar-refractivity contribution in [2.45, 2.75) is 13.0 Å². The molecule has 0 saturated carbocycles. The van der Waals surface area contributed by atoms with E-state index in [1.165, 1.54) is 13.4 Å².